The molecule has 118 valence electrons. The maximum Gasteiger partial charge on any atom is 0.268 e. The molecular formula is C17H14BrNO3S. The summed E-state index contributed by atoms with van der Waals surface area (Å²) in [6.45, 7) is 1.72. The normalized spacial score (nSPS) is 11.7. The molecule has 0 unspecified atom stereocenters. The number of benzene rings is 2. The molecule has 0 amide bonds. The summed E-state index contributed by atoms with van der Waals surface area (Å²) in [6, 6.07) is 15.0. The van der Waals surface area contributed by atoms with Crippen molar-refractivity contribution < 1.29 is 13.2 Å². The minimum Gasteiger partial charge on any atom is -0.293 e. The van der Waals surface area contributed by atoms with Gasteiger partial charge in [-0.3, -0.25) is 4.79 Å². The summed E-state index contributed by atoms with van der Waals surface area (Å²) in [6.07, 6.45) is 0.234. The zero-order chi connectivity index (χ0) is 16.6. The molecule has 0 aliphatic heterocycles. The van der Waals surface area contributed by atoms with Gasteiger partial charge in [-0.1, -0.05) is 47.1 Å². The molecule has 0 N–H and O–H groups in total. The Labute approximate surface area is 142 Å². The quantitative estimate of drug-likeness (QED) is 0.625. The Balaban J connectivity index is 2.40. The van der Waals surface area contributed by atoms with E-state index in [4.69, 9.17) is 0 Å². The predicted molar refractivity (Wildman–Crippen MR) is 93.3 cm³/mol. The lowest BCUT2D eigenvalue weighted by Crippen LogP contribution is -2.18. The van der Waals surface area contributed by atoms with E-state index in [-0.39, 0.29) is 22.8 Å². The van der Waals surface area contributed by atoms with E-state index < -0.39 is 10.0 Å². The number of rotatable bonds is 4. The number of carbonyl (C=O) groups is 1. The first-order valence-electron chi connectivity index (χ1n) is 7.10. The van der Waals surface area contributed by atoms with E-state index in [1.165, 1.54) is 12.1 Å². The number of halogens is 1. The third kappa shape index (κ3) is 2.62. The molecule has 0 saturated heterocycles. The maximum absolute atomic E-state index is 13.1. The fraction of sp³-hybridized carbons (Fsp3) is 0.118. The van der Waals surface area contributed by atoms with Gasteiger partial charge in [-0.25, -0.2) is 12.4 Å². The third-order valence-electron chi connectivity index (χ3n) is 3.64. The Hall–Kier alpha value is -1.92. The number of Topliss-reactive ketones (excluding diaryl/α,β-unsaturated/α-hetero) is 1. The summed E-state index contributed by atoms with van der Waals surface area (Å²) in [7, 11) is -3.85. The molecule has 0 bridgehead atoms. The van der Waals surface area contributed by atoms with Gasteiger partial charge < -0.3 is 0 Å². The molecule has 0 fully saturated rings. The first kappa shape index (κ1) is 16.0. The second-order valence-electron chi connectivity index (χ2n) is 5.06. The lowest BCUT2D eigenvalue weighted by Gasteiger charge is -2.11. The summed E-state index contributed by atoms with van der Waals surface area (Å²) in [5, 5.41) is 0.698. The highest BCUT2D eigenvalue weighted by Gasteiger charge is 2.26. The number of ketones is 1. The molecule has 0 saturated carbocycles. The van der Waals surface area contributed by atoms with Gasteiger partial charge in [0, 0.05) is 16.3 Å². The van der Waals surface area contributed by atoms with E-state index in [0.717, 1.165) is 8.45 Å². The number of hydrogen-bond donors (Lipinski definition) is 0. The molecule has 0 aliphatic carbocycles. The van der Waals surface area contributed by atoms with Gasteiger partial charge in [0.05, 0.1) is 10.4 Å². The molecule has 1 aromatic heterocycles. The van der Waals surface area contributed by atoms with Gasteiger partial charge in [0.25, 0.3) is 10.0 Å². The van der Waals surface area contributed by atoms with Crippen LogP contribution in [-0.2, 0) is 10.0 Å². The molecule has 0 spiro atoms. The molecule has 0 aliphatic rings. The molecule has 3 rings (SSSR count). The van der Waals surface area contributed by atoms with Crippen LogP contribution >= 0.6 is 15.9 Å². The molecule has 0 atom stereocenters. The van der Waals surface area contributed by atoms with Crippen molar-refractivity contribution in [2.75, 3.05) is 0 Å². The summed E-state index contributed by atoms with van der Waals surface area (Å²) in [4.78, 5) is 12.4. The highest BCUT2D eigenvalue weighted by molar-refractivity contribution is 9.10. The first-order chi connectivity index (χ1) is 11.0. The second-order valence-corrected chi connectivity index (χ2v) is 7.70. The van der Waals surface area contributed by atoms with Crippen molar-refractivity contribution >= 4 is 42.6 Å². The Morgan fingerprint density at radius 2 is 1.78 bits per heavy atom. The van der Waals surface area contributed by atoms with Crippen LogP contribution in [0.1, 0.15) is 23.8 Å². The average molecular weight is 392 g/mol. The van der Waals surface area contributed by atoms with Crippen LogP contribution in [0.2, 0.25) is 0 Å². The summed E-state index contributed by atoms with van der Waals surface area (Å²) in [5.41, 5.74) is 0.665. The number of carbonyl (C=O) groups excluding carboxylic acids is 1. The smallest absolute Gasteiger partial charge is 0.268 e. The molecular weight excluding hydrogens is 378 g/mol. The fourth-order valence-corrected chi connectivity index (χ4v) is 4.52. The minimum absolute atomic E-state index is 0.155. The fourth-order valence-electron chi connectivity index (χ4n) is 2.50. The van der Waals surface area contributed by atoms with Crippen LogP contribution in [0.25, 0.3) is 10.9 Å². The summed E-state index contributed by atoms with van der Waals surface area (Å²) in [5.74, 6) is -0.215. The second kappa shape index (κ2) is 5.94. The molecule has 2 aromatic carbocycles. The van der Waals surface area contributed by atoms with E-state index in [1.54, 1.807) is 43.3 Å². The lowest BCUT2D eigenvalue weighted by molar-refractivity contribution is 0.0982. The number of aromatic nitrogens is 1. The van der Waals surface area contributed by atoms with Crippen molar-refractivity contribution in [3.05, 3.63) is 64.8 Å². The Morgan fingerprint density at radius 3 is 2.43 bits per heavy atom. The minimum atomic E-state index is -3.85. The van der Waals surface area contributed by atoms with Crippen LogP contribution in [0, 0.1) is 0 Å². The van der Waals surface area contributed by atoms with Crippen LogP contribution in [0.3, 0.4) is 0 Å². The van der Waals surface area contributed by atoms with Crippen molar-refractivity contribution in [2.24, 2.45) is 0 Å². The monoisotopic (exact) mass is 391 g/mol. The number of fused-ring (bicyclic) bond motifs is 1. The van der Waals surface area contributed by atoms with Crippen molar-refractivity contribution in [2.45, 2.75) is 18.2 Å². The van der Waals surface area contributed by atoms with Gasteiger partial charge in [0.1, 0.15) is 5.69 Å². The van der Waals surface area contributed by atoms with E-state index in [9.17, 15) is 13.2 Å². The largest absolute Gasteiger partial charge is 0.293 e. The zero-order valence-corrected chi connectivity index (χ0v) is 14.8. The zero-order valence-electron chi connectivity index (χ0n) is 12.4. The van der Waals surface area contributed by atoms with Crippen molar-refractivity contribution in [3.8, 4) is 0 Å². The average Bonchev–Trinajstić information content (AvgIpc) is 2.96. The first-order valence-corrected chi connectivity index (χ1v) is 9.34. The molecule has 23 heavy (non-hydrogen) atoms. The molecule has 3 aromatic rings. The molecule has 4 nitrogen and oxygen atoms in total. The van der Waals surface area contributed by atoms with Crippen LogP contribution < -0.4 is 0 Å². The molecule has 1 heterocycles. The van der Waals surface area contributed by atoms with Crippen LogP contribution in [0.4, 0.5) is 0 Å². The van der Waals surface area contributed by atoms with E-state index in [1.807, 2.05) is 6.07 Å². The van der Waals surface area contributed by atoms with E-state index >= 15 is 0 Å². The van der Waals surface area contributed by atoms with Gasteiger partial charge in [0.2, 0.25) is 0 Å². The lowest BCUT2D eigenvalue weighted by atomic mass is 10.2. The van der Waals surface area contributed by atoms with E-state index in [2.05, 4.69) is 15.9 Å². The van der Waals surface area contributed by atoms with Crippen LogP contribution in [0.5, 0.6) is 0 Å². The Bertz CT molecular complexity index is 991. The SMILES string of the molecule is CCC(=O)c1cc2c(Br)cccc2n1S(=O)(=O)c1ccccc1. The van der Waals surface area contributed by atoms with E-state index in [0.29, 0.717) is 10.9 Å². The van der Waals surface area contributed by atoms with Gasteiger partial charge in [0.15, 0.2) is 5.78 Å². The van der Waals surface area contributed by atoms with Crippen LogP contribution in [-0.4, -0.2) is 18.2 Å². The third-order valence-corrected chi connectivity index (χ3v) is 6.07. The van der Waals surface area contributed by atoms with Gasteiger partial charge in [-0.2, -0.15) is 0 Å². The molecule has 0 radical (unpaired) electrons. The van der Waals surface area contributed by atoms with Gasteiger partial charge in [-0.05, 0) is 30.3 Å². The van der Waals surface area contributed by atoms with Crippen molar-refractivity contribution in [1.82, 2.24) is 3.97 Å². The van der Waals surface area contributed by atoms with Gasteiger partial charge >= 0.3 is 0 Å². The standard InChI is InChI=1S/C17H14BrNO3S/c1-2-17(20)16-11-13-14(18)9-6-10-15(13)19(16)23(21,22)12-7-4-3-5-8-12/h3-11H,2H2,1H3. The topological polar surface area (TPSA) is 56.1 Å². The predicted octanol–water partition coefficient (Wildman–Crippen LogP) is 4.23. The van der Waals surface area contributed by atoms with Crippen molar-refractivity contribution in [3.63, 3.8) is 0 Å². The Morgan fingerprint density at radius 1 is 1.09 bits per heavy atom. The van der Waals surface area contributed by atoms with Crippen LogP contribution in [0.15, 0.2) is 64.0 Å². The molecule has 6 heteroatoms. The summed E-state index contributed by atoms with van der Waals surface area (Å²) >= 11 is 3.42. The van der Waals surface area contributed by atoms with Crippen molar-refractivity contribution in [1.29, 1.82) is 0 Å². The summed E-state index contributed by atoms with van der Waals surface area (Å²) < 4.78 is 28.0. The van der Waals surface area contributed by atoms with Gasteiger partial charge in [-0.15, -0.1) is 0 Å². The number of nitrogens with zero attached hydrogens (tertiary/aromatic N) is 1. The number of hydrogen-bond acceptors (Lipinski definition) is 3. The maximum atomic E-state index is 13.1. The Kier molecular flexibility index (Phi) is 4.12. The highest BCUT2D eigenvalue weighted by Crippen LogP contribution is 2.31. The highest BCUT2D eigenvalue weighted by atomic mass is 79.9.